The number of rotatable bonds is 6. The van der Waals surface area contributed by atoms with Crippen molar-refractivity contribution in [3.05, 3.63) is 41.4 Å². The molecule has 0 radical (unpaired) electrons. The van der Waals surface area contributed by atoms with Gasteiger partial charge in [-0.1, -0.05) is 11.6 Å². The molecule has 8 nitrogen and oxygen atoms in total. The summed E-state index contributed by atoms with van der Waals surface area (Å²) >= 11 is 6.16. The average Bonchev–Trinajstić information content (AvgIpc) is 3.01. The first-order valence-electron chi connectivity index (χ1n) is 8.23. The van der Waals surface area contributed by atoms with Crippen LogP contribution in [0.15, 0.2) is 41.3 Å². The van der Waals surface area contributed by atoms with Gasteiger partial charge >= 0.3 is 0 Å². The van der Waals surface area contributed by atoms with E-state index in [-0.39, 0.29) is 32.8 Å². The molecule has 1 saturated heterocycles. The molecule has 1 aliphatic heterocycles. The summed E-state index contributed by atoms with van der Waals surface area (Å²) in [6.07, 6.45) is 0.482. The minimum absolute atomic E-state index is 0.0281. The van der Waals surface area contributed by atoms with E-state index >= 15 is 0 Å². The molecule has 1 N–H and O–H groups in total. The molecule has 152 valence electrons. The molecule has 0 saturated carbocycles. The van der Waals surface area contributed by atoms with E-state index in [4.69, 9.17) is 21.1 Å². The third-order valence-electron chi connectivity index (χ3n) is 4.23. The first kappa shape index (κ1) is 20.6. The molecule has 1 heterocycles. The first-order chi connectivity index (χ1) is 13.2. The lowest BCUT2D eigenvalue weighted by molar-refractivity contribution is 0.392. The first-order valence-corrected chi connectivity index (χ1v) is 11.7. The van der Waals surface area contributed by atoms with E-state index in [0.717, 1.165) is 0 Å². The van der Waals surface area contributed by atoms with Gasteiger partial charge in [0.05, 0.1) is 36.4 Å². The molecule has 3 rings (SSSR count). The molecule has 0 spiro atoms. The molecule has 2 aromatic rings. The van der Waals surface area contributed by atoms with E-state index in [1.807, 2.05) is 0 Å². The highest BCUT2D eigenvalue weighted by molar-refractivity contribution is 7.93. The summed E-state index contributed by atoms with van der Waals surface area (Å²) < 4.78 is 64.0. The van der Waals surface area contributed by atoms with Crippen LogP contribution in [0.2, 0.25) is 5.02 Å². The molecule has 11 heteroatoms. The number of hydrogen-bond acceptors (Lipinski definition) is 6. The van der Waals surface area contributed by atoms with E-state index in [1.54, 1.807) is 6.07 Å². The molecular weight excluding hydrogens is 428 g/mol. The van der Waals surface area contributed by atoms with Crippen LogP contribution >= 0.6 is 11.6 Å². The van der Waals surface area contributed by atoms with E-state index in [9.17, 15) is 16.8 Å². The van der Waals surface area contributed by atoms with Crippen LogP contribution in [-0.4, -0.2) is 43.4 Å². The Bertz CT molecular complexity index is 1100. The van der Waals surface area contributed by atoms with Crippen molar-refractivity contribution in [2.24, 2.45) is 0 Å². The summed E-state index contributed by atoms with van der Waals surface area (Å²) in [5.41, 5.74) is 0.406. The smallest absolute Gasteiger partial charge is 0.265 e. The Balaban J connectivity index is 1.99. The van der Waals surface area contributed by atoms with Gasteiger partial charge in [-0.25, -0.2) is 16.8 Å². The maximum absolute atomic E-state index is 12.9. The van der Waals surface area contributed by atoms with Crippen molar-refractivity contribution >= 4 is 43.0 Å². The Morgan fingerprint density at radius 2 is 1.86 bits per heavy atom. The third-order valence-corrected chi connectivity index (χ3v) is 7.80. The number of nitrogens with zero attached hydrogens (tertiary/aromatic N) is 1. The Hall–Kier alpha value is -2.17. The summed E-state index contributed by atoms with van der Waals surface area (Å²) in [6, 6.07) is 8.70. The molecule has 0 amide bonds. The zero-order chi connectivity index (χ0) is 20.5. The molecule has 0 aliphatic carbocycles. The lowest BCUT2D eigenvalue weighted by Crippen LogP contribution is -2.25. The van der Waals surface area contributed by atoms with Gasteiger partial charge in [0.2, 0.25) is 10.0 Å². The van der Waals surface area contributed by atoms with Crippen LogP contribution in [0.1, 0.15) is 6.42 Å². The number of methoxy groups -OCH3 is 2. The molecular formula is C17H19ClN2O6S2. The van der Waals surface area contributed by atoms with Gasteiger partial charge in [-0.15, -0.1) is 0 Å². The van der Waals surface area contributed by atoms with Crippen LogP contribution in [0.4, 0.5) is 11.4 Å². The van der Waals surface area contributed by atoms with Crippen molar-refractivity contribution in [1.82, 2.24) is 0 Å². The SMILES string of the molecule is COc1ccc(OC)c(S(=O)(=O)Nc2ccc(Cl)c(N3CCCS3(=O)=O)c2)c1. The van der Waals surface area contributed by atoms with Crippen LogP contribution in [0.25, 0.3) is 0 Å². The molecule has 0 unspecified atom stereocenters. The number of nitrogens with one attached hydrogen (secondary N) is 1. The van der Waals surface area contributed by atoms with Gasteiger partial charge in [-0.2, -0.15) is 0 Å². The van der Waals surface area contributed by atoms with E-state index in [1.165, 1.54) is 48.9 Å². The highest BCUT2D eigenvalue weighted by Gasteiger charge is 2.30. The highest BCUT2D eigenvalue weighted by atomic mass is 35.5. The largest absolute Gasteiger partial charge is 0.497 e. The van der Waals surface area contributed by atoms with Crippen molar-refractivity contribution < 1.29 is 26.3 Å². The van der Waals surface area contributed by atoms with Crippen molar-refractivity contribution in [3.63, 3.8) is 0 Å². The lowest BCUT2D eigenvalue weighted by Gasteiger charge is -2.20. The Kier molecular flexibility index (Phi) is 5.64. The summed E-state index contributed by atoms with van der Waals surface area (Å²) in [5, 5.41) is 0.215. The van der Waals surface area contributed by atoms with Crippen molar-refractivity contribution in [3.8, 4) is 11.5 Å². The Morgan fingerprint density at radius 1 is 1.11 bits per heavy atom. The van der Waals surface area contributed by atoms with Crippen molar-refractivity contribution in [2.75, 3.05) is 35.5 Å². The Morgan fingerprint density at radius 3 is 2.46 bits per heavy atom. The minimum Gasteiger partial charge on any atom is -0.497 e. The summed E-state index contributed by atoms with van der Waals surface area (Å²) in [5.74, 6) is 0.519. The maximum atomic E-state index is 12.9. The topological polar surface area (TPSA) is 102 Å². The quantitative estimate of drug-likeness (QED) is 0.731. The Labute approximate surface area is 169 Å². The lowest BCUT2D eigenvalue weighted by atomic mass is 10.3. The highest BCUT2D eigenvalue weighted by Crippen LogP contribution is 2.35. The summed E-state index contributed by atoms with van der Waals surface area (Å²) in [6.45, 7) is 0.294. The molecule has 0 bridgehead atoms. The molecule has 28 heavy (non-hydrogen) atoms. The van der Waals surface area contributed by atoms with Gasteiger partial charge in [-0.3, -0.25) is 9.03 Å². The van der Waals surface area contributed by atoms with E-state index in [0.29, 0.717) is 18.7 Å². The zero-order valence-corrected chi connectivity index (χ0v) is 17.6. The number of ether oxygens (including phenoxy) is 2. The van der Waals surface area contributed by atoms with Crippen LogP contribution in [0.5, 0.6) is 11.5 Å². The number of anilines is 2. The van der Waals surface area contributed by atoms with Gasteiger partial charge in [0.1, 0.15) is 16.4 Å². The normalized spacial score (nSPS) is 16.0. The second kappa shape index (κ2) is 7.69. The van der Waals surface area contributed by atoms with Crippen LogP contribution in [0.3, 0.4) is 0 Å². The van der Waals surface area contributed by atoms with Gasteiger partial charge in [-0.05, 0) is 36.8 Å². The minimum atomic E-state index is -4.04. The van der Waals surface area contributed by atoms with Gasteiger partial charge in [0.25, 0.3) is 10.0 Å². The van der Waals surface area contributed by atoms with Crippen LogP contribution in [-0.2, 0) is 20.0 Å². The number of halogens is 1. The number of benzene rings is 2. The van der Waals surface area contributed by atoms with Crippen molar-refractivity contribution in [2.45, 2.75) is 11.3 Å². The fourth-order valence-electron chi connectivity index (χ4n) is 2.88. The maximum Gasteiger partial charge on any atom is 0.265 e. The molecule has 2 aromatic carbocycles. The molecule has 1 fully saturated rings. The average molecular weight is 447 g/mol. The molecule has 0 atom stereocenters. The third kappa shape index (κ3) is 3.98. The zero-order valence-electron chi connectivity index (χ0n) is 15.2. The predicted octanol–water partition coefficient (Wildman–Crippen LogP) is 2.70. The predicted molar refractivity (Wildman–Crippen MR) is 108 cm³/mol. The summed E-state index contributed by atoms with van der Waals surface area (Å²) in [4.78, 5) is -0.111. The van der Waals surface area contributed by atoms with Crippen LogP contribution in [0, 0.1) is 0 Å². The van der Waals surface area contributed by atoms with E-state index < -0.39 is 20.0 Å². The fourth-order valence-corrected chi connectivity index (χ4v) is 5.96. The number of hydrogen-bond donors (Lipinski definition) is 1. The monoisotopic (exact) mass is 446 g/mol. The molecule has 0 aromatic heterocycles. The standard InChI is InChI=1S/C17H19ClN2O6S2/c1-25-13-5-7-16(26-2)17(11-13)28(23,24)19-12-4-6-14(18)15(10-12)20-8-3-9-27(20,21)22/h4-7,10-11,19H,3,8-9H2,1-2H3. The van der Waals surface area contributed by atoms with Crippen molar-refractivity contribution in [1.29, 1.82) is 0 Å². The number of sulfonamides is 2. The van der Waals surface area contributed by atoms with Gasteiger partial charge in [0.15, 0.2) is 0 Å². The van der Waals surface area contributed by atoms with Gasteiger partial charge < -0.3 is 9.47 Å². The fraction of sp³-hybridized carbons (Fsp3) is 0.294. The second-order valence-corrected chi connectivity index (χ2v) is 10.1. The molecule has 1 aliphatic rings. The summed E-state index contributed by atoms with van der Waals surface area (Å²) in [7, 11) is -4.71. The van der Waals surface area contributed by atoms with Crippen LogP contribution < -0.4 is 18.5 Å². The van der Waals surface area contributed by atoms with E-state index in [2.05, 4.69) is 4.72 Å². The second-order valence-electron chi connectivity index (χ2n) is 6.03. The van der Waals surface area contributed by atoms with Gasteiger partial charge in [0, 0.05) is 12.6 Å².